The number of hydrogen-bond acceptors (Lipinski definition) is 5. The Labute approximate surface area is 112 Å². The van der Waals surface area contributed by atoms with Gasteiger partial charge in [0, 0.05) is 26.8 Å². The minimum atomic E-state index is 0.0290. The van der Waals surface area contributed by atoms with Gasteiger partial charge in [-0.25, -0.2) is 4.98 Å². The number of aromatic nitrogens is 1. The van der Waals surface area contributed by atoms with E-state index in [9.17, 15) is 0 Å². The lowest BCUT2D eigenvalue weighted by atomic mass is 10.00. The number of anilines is 1. The van der Waals surface area contributed by atoms with E-state index >= 15 is 0 Å². The van der Waals surface area contributed by atoms with Crippen LogP contribution in [0.2, 0.25) is 0 Å². The predicted molar refractivity (Wildman–Crippen MR) is 73.6 cm³/mol. The molecule has 3 N–H and O–H groups in total. The zero-order chi connectivity index (χ0) is 13.7. The number of rotatable bonds is 4. The van der Waals surface area contributed by atoms with E-state index in [1.807, 2.05) is 19.2 Å². The first-order valence-corrected chi connectivity index (χ1v) is 6.44. The molecule has 0 saturated carbocycles. The summed E-state index contributed by atoms with van der Waals surface area (Å²) >= 11 is 0. The van der Waals surface area contributed by atoms with Crippen molar-refractivity contribution in [3.8, 4) is 0 Å². The minimum Gasteiger partial charge on any atom is -0.409 e. The van der Waals surface area contributed by atoms with Gasteiger partial charge in [0.1, 0.15) is 11.5 Å². The zero-order valence-electron chi connectivity index (χ0n) is 11.1. The fourth-order valence-corrected chi connectivity index (χ4v) is 2.24. The van der Waals surface area contributed by atoms with Crippen LogP contribution in [0.5, 0.6) is 0 Å². The average molecular weight is 264 g/mol. The van der Waals surface area contributed by atoms with Crippen LogP contribution in [0.15, 0.2) is 23.4 Å². The van der Waals surface area contributed by atoms with Crippen molar-refractivity contribution in [1.82, 2.24) is 4.98 Å². The summed E-state index contributed by atoms with van der Waals surface area (Å²) in [5, 5.41) is 11.6. The van der Waals surface area contributed by atoms with Crippen LogP contribution in [-0.4, -0.2) is 42.8 Å². The van der Waals surface area contributed by atoms with Crippen molar-refractivity contribution in [1.29, 1.82) is 0 Å². The fourth-order valence-electron chi connectivity index (χ4n) is 2.24. The van der Waals surface area contributed by atoms with Crippen molar-refractivity contribution in [3.63, 3.8) is 0 Å². The maximum absolute atomic E-state index is 8.67. The van der Waals surface area contributed by atoms with E-state index in [1.165, 1.54) is 0 Å². The third kappa shape index (κ3) is 3.57. The Kier molecular flexibility index (Phi) is 4.57. The normalized spacial score (nSPS) is 17.4. The molecule has 0 spiro atoms. The number of nitrogens with zero attached hydrogens (tertiary/aromatic N) is 3. The van der Waals surface area contributed by atoms with Gasteiger partial charge in [-0.05, 0) is 30.9 Å². The quantitative estimate of drug-likeness (QED) is 0.367. The summed E-state index contributed by atoms with van der Waals surface area (Å²) in [6.45, 7) is 2.63. The number of oxime groups is 1. The van der Waals surface area contributed by atoms with Gasteiger partial charge in [0.2, 0.25) is 0 Å². The van der Waals surface area contributed by atoms with Gasteiger partial charge in [-0.1, -0.05) is 11.2 Å². The Balaban J connectivity index is 2.03. The van der Waals surface area contributed by atoms with Crippen molar-refractivity contribution >= 4 is 11.7 Å². The molecule has 1 aromatic heterocycles. The molecule has 6 heteroatoms. The van der Waals surface area contributed by atoms with Gasteiger partial charge in [0.15, 0.2) is 5.84 Å². The number of pyridine rings is 1. The Morgan fingerprint density at radius 3 is 2.95 bits per heavy atom. The van der Waals surface area contributed by atoms with E-state index in [0.717, 1.165) is 38.4 Å². The molecule has 1 aromatic rings. The van der Waals surface area contributed by atoms with E-state index in [-0.39, 0.29) is 5.84 Å². The molecular weight excluding hydrogens is 244 g/mol. The van der Waals surface area contributed by atoms with E-state index in [0.29, 0.717) is 11.6 Å². The van der Waals surface area contributed by atoms with Gasteiger partial charge >= 0.3 is 0 Å². The molecule has 2 rings (SSSR count). The summed E-state index contributed by atoms with van der Waals surface area (Å²) in [7, 11) is 2.01. The van der Waals surface area contributed by atoms with Crippen LogP contribution in [-0.2, 0) is 4.74 Å². The van der Waals surface area contributed by atoms with E-state index in [2.05, 4.69) is 15.0 Å². The van der Waals surface area contributed by atoms with Gasteiger partial charge < -0.3 is 20.6 Å². The maximum Gasteiger partial charge on any atom is 0.188 e. The summed E-state index contributed by atoms with van der Waals surface area (Å²) in [5.41, 5.74) is 6.04. The molecule has 2 heterocycles. The van der Waals surface area contributed by atoms with E-state index in [1.54, 1.807) is 6.07 Å². The topological polar surface area (TPSA) is 84.0 Å². The first-order chi connectivity index (χ1) is 9.20. The summed E-state index contributed by atoms with van der Waals surface area (Å²) in [6, 6.07) is 5.50. The highest BCUT2D eigenvalue weighted by atomic mass is 16.5. The van der Waals surface area contributed by atoms with Gasteiger partial charge in [0.05, 0.1) is 0 Å². The lowest BCUT2D eigenvalue weighted by Crippen LogP contribution is -2.30. The third-order valence-corrected chi connectivity index (χ3v) is 3.37. The Hall–Kier alpha value is -1.82. The lowest BCUT2D eigenvalue weighted by Gasteiger charge is -2.27. The number of amidine groups is 1. The van der Waals surface area contributed by atoms with E-state index in [4.69, 9.17) is 15.7 Å². The molecule has 0 aliphatic carbocycles. The summed E-state index contributed by atoms with van der Waals surface area (Å²) in [4.78, 5) is 6.49. The second kappa shape index (κ2) is 6.38. The van der Waals surface area contributed by atoms with Crippen molar-refractivity contribution in [2.24, 2.45) is 16.8 Å². The molecule has 0 bridgehead atoms. The molecule has 1 aliphatic heterocycles. The number of nitrogens with two attached hydrogens (primary N) is 1. The second-order valence-electron chi connectivity index (χ2n) is 4.80. The minimum absolute atomic E-state index is 0.0290. The Morgan fingerprint density at radius 2 is 2.26 bits per heavy atom. The molecule has 1 fully saturated rings. The smallest absolute Gasteiger partial charge is 0.188 e. The van der Waals surface area contributed by atoms with Crippen molar-refractivity contribution in [2.45, 2.75) is 12.8 Å². The highest BCUT2D eigenvalue weighted by Crippen LogP contribution is 2.18. The SMILES string of the molecule is CN(CC1CCOCC1)c1cccc(C(N)=NO)n1. The number of hydrogen-bond donors (Lipinski definition) is 2. The first-order valence-electron chi connectivity index (χ1n) is 6.44. The van der Waals surface area contributed by atoms with Crippen LogP contribution in [0.3, 0.4) is 0 Å². The average Bonchev–Trinajstić information content (AvgIpc) is 2.47. The first kappa shape index (κ1) is 13.6. The lowest BCUT2D eigenvalue weighted by molar-refractivity contribution is 0.0685. The monoisotopic (exact) mass is 264 g/mol. The molecule has 0 unspecified atom stereocenters. The van der Waals surface area contributed by atoms with Crippen molar-refractivity contribution < 1.29 is 9.94 Å². The van der Waals surface area contributed by atoms with Crippen LogP contribution >= 0.6 is 0 Å². The predicted octanol–water partition coefficient (Wildman–Crippen LogP) is 1.04. The van der Waals surface area contributed by atoms with Crippen molar-refractivity contribution in [3.05, 3.63) is 23.9 Å². The van der Waals surface area contributed by atoms with Crippen LogP contribution in [0.4, 0.5) is 5.82 Å². The van der Waals surface area contributed by atoms with Gasteiger partial charge in [-0.2, -0.15) is 0 Å². The second-order valence-corrected chi connectivity index (χ2v) is 4.80. The molecule has 104 valence electrons. The van der Waals surface area contributed by atoms with Gasteiger partial charge in [-0.3, -0.25) is 0 Å². The molecule has 6 nitrogen and oxygen atoms in total. The van der Waals surface area contributed by atoms with Crippen LogP contribution < -0.4 is 10.6 Å². The maximum atomic E-state index is 8.67. The Bertz CT molecular complexity index is 444. The largest absolute Gasteiger partial charge is 0.409 e. The van der Waals surface area contributed by atoms with Crippen LogP contribution in [0.1, 0.15) is 18.5 Å². The molecule has 0 aromatic carbocycles. The summed E-state index contributed by atoms with van der Waals surface area (Å²) < 4.78 is 5.36. The van der Waals surface area contributed by atoms with Gasteiger partial charge in [-0.15, -0.1) is 0 Å². The number of ether oxygens (including phenoxy) is 1. The molecule has 0 amide bonds. The van der Waals surface area contributed by atoms with Gasteiger partial charge in [0.25, 0.3) is 0 Å². The fraction of sp³-hybridized carbons (Fsp3) is 0.538. The molecule has 1 saturated heterocycles. The molecule has 0 atom stereocenters. The third-order valence-electron chi connectivity index (χ3n) is 3.37. The summed E-state index contributed by atoms with van der Waals surface area (Å²) in [5.74, 6) is 1.49. The molecule has 19 heavy (non-hydrogen) atoms. The van der Waals surface area contributed by atoms with E-state index < -0.39 is 0 Å². The molecular formula is C13H20N4O2. The van der Waals surface area contributed by atoms with Crippen LogP contribution in [0, 0.1) is 5.92 Å². The zero-order valence-corrected chi connectivity index (χ0v) is 11.1. The highest BCUT2D eigenvalue weighted by Gasteiger charge is 2.16. The highest BCUT2D eigenvalue weighted by molar-refractivity contribution is 5.95. The van der Waals surface area contributed by atoms with Crippen LogP contribution in [0.25, 0.3) is 0 Å². The molecule has 1 aliphatic rings. The Morgan fingerprint density at radius 1 is 1.53 bits per heavy atom. The standard InChI is InChI=1S/C13H20N4O2/c1-17(9-10-5-7-19-8-6-10)12-4-2-3-11(15-12)13(14)16-18/h2-4,10,18H,5-9H2,1H3,(H2,14,16). The molecule has 0 radical (unpaired) electrons. The van der Waals surface area contributed by atoms with Crippen molar-refractivity contribution in [2.75, 3.05) is 31.7 Å². The summed E-state index contributed by atoms with van der Waals surface area (Å²) in [6.07, 6.45) is 2.18.